The third kappa shape index (κ3) is 2.96. The van der Waals surface area contributed by atoms with Gasteiger partial charge in [0.2, 0.25) is 0 Å². The first-order valence-corrected chi connectivity index (χ1v) is 6.28. The molecule has 2 aromatic rings. The molecule has 3 nitrogen and oxygen atoms in total. The summed E-state index contributed by atoms with van der Waals surface area (Å²) in [6.45, 7) is 2.55. The van der Waals surface area contributed by atoms with Gasteiger partial charge in [-0.1, -0.05) is 27.5 Å². The molecule has 0 fully saturated rings. The fourth-order valence-electron chi connectivity index (χ4n) is 1.46. The van der Waals surface area contributed by atoms with E-state index in [1.807, 2.05) is 25.1 Å². The molecule has 0 spiro atoms. The zero-order chi connectivity index (χ0) is 12.3. The number of halogens is 2. The van der Waals surface area contributed by atoms with Gasteiger partial charge in [0.05, 0.1) is 12.3 Å². The van der Waals surface area contributed by atoms with Crippen molar-refractivity contribution in [1.82, 2.24) is 9.97 Å². The van der Waals surface area contributed by atoms with E-state index in [2.05, 4.69) is 25.9 Å². The Balaban J connectivity index is 2.52. The number of nitrogens with zero attached hydrogens (tertiary/aromatic N) is 2. The molecule has 0 bridgehead atoms. The van der Waals surface area contributed by atoms with Crippen LogP contribution in [-0.2, 0) is 0 Å². The minimum absolute atomic E-state index is 0.414. The largest absolute Gasteiger partial charge is 0.493 e. The first kappa shape index (κ1) is 12.3. The van der Waals surface area contributed by atoms with Crippen molar-refractivity contribution in [3.05, 3.63) is 40.2 Å². The smallest absolute Gasteiger partial charge is 0.133 e. The molecule has 0 aliphatic rings. The summed E-state index contributed by atoms with van der Waals surface area (Å²) in [5, 5.41) is 0.414. The van der Waals surface area contributed by atoms with Crippen molar-refractivity contribution in [2.24, 2.45) is 0 Å². The molecule has 5 heteroatoms. The number of benzene rings is 1. The highest BCUT2D eigenvalue weighted by atomic mass is 79.9. The van der Waals surface area contributed by atoms with Gasteiger partial charge < -0.3 is 4.74 Å². The highest BCUT2D eigenvalue weighted by Gasteiger charge is 2.09. The molecule has 0 amide bonds. The molecular formula is C12H10BrClN2O. The monoisotopic (exact) mass is 312 g/mol. The zero-order valence-electron chi connectivity index (χ0n) is 9.15. The summed E-state index contributed by atoms with van der Waals surface area (Å²) in [4.78, 5) is 8.06. The lowest BCUT2D eigenvalue weighted by Gasteiger charge is -2.10. The van der Waals surface area contributed by atoms with Crippen LogP contribution in [0.3, 0.4) is 0 Å². The Labute approximate surface area is 113 Å². The topological polar surface area (TPSA) is 35.0 Å². The minimum atomic E-state index is 0.414. The Morgan fingerprint density at radius 3 is 2.82 bits per heavy atom. The molecular weight excluding hydrogens is 304 g/mol. The quantitative estimate of drug-likeness (QED) is 0.805. The molecule has 2 rings (SSSR count). The van der Waals surface area contributed by atoms with Crippen molar-refractivity contribution >= 4 is 27.5 Å². The third-order valence-corrected chi connectivity index (χ3v) is 2.85. The van der Waals surface area contributed by atoms with E-state index < -0.39 is 0 Å². The van der Waals surface area contributed by atoms with Gasteiger partial charge in [0.1, 0.15) is 17.2 Å². The van der Waals surface area contributed by atoms with Crippen LogP contribution in [0.4, 0.5) is 0 Å². The predicted molar refractivity (Wildman–Crippen MR) is 71.3 cm³/mol. The van der Waals surface area contributed by atoms with Crippen LogP contribution >= 0.6 is 27.5 Å². The molecule has 1 heterocycles. The number of ether oxygens (including phenoxy) is 1. The van der Waals surface area contributed by atoms with Gasteiger partial charge in [-0.15, -0.1) is 0 Å². The summed E-state index contributed by atoms with van der Waals surface area (Å²) in [6.07, 6.45) is 1.44. The standard InChI is InChI=1S/C12H10BrClN2O/c1-2-17-11-4-3-8(13)5-9(11)10-6-12(14)16-7-15-10/h3-7H,2H2,1H3. The van der Waals surface area contributed by atoms with E-state index in [4.69, 9.17) is 16.3 Å². The van der Waals surface area contributed by atoms with Crippen LogP contribution in [0.5, 0.6) is 5.75 Å². The van der Waals surface area contributed by atoms with Crippen molar-refractivity contribution < 1.29 is 4.74 Å². The SMILES string of the molecule is CCOc1ccc(Br)cc1-c1cc(Cl)ncn1. The summed E-state index contributed by atoms with van der Waals surface area (Å²) in [7, 11) is 0. The Morgan fingerprint density at radius 1 is 1.29 bits per heavy atom. The Hall–Kier alpha value is -1.13. The molecule has 0 N–H and O–H groups in total. The third-order valence-electron chi connectivity index (χ3n) is 2.15. The minimum Gasteiger partial charge on any atom is -0.493 e. The molecule has 0 saturated carbocycles. The lowest BCUT2D eigenvalue weighted by Crippen LogP contribution is -1.95. The maximum Gasteiger partial charge on any atom is 0.133 e. The normalized spacial score (nSPS) is 10.3. The van der Waals surface area contributed by atoms with Crippen molar-refractivity contribution in [3.63, 3.8) is 0 Å². The van der Waals surface area contributed by atoms with Crippen molar-refractivity contribution in [2.45, 2.75) is 6.92 Å². The van der Waals surface area contributed by atoms with Crippen LogP contribution < -0.4 is 4.74 Å². The summed E-state index contributed by atoms with van der Waals surface area (Å²) in [6, 6.07) is 7.49. The van der Waals surface area contributed by atoms with Crippen LogP contribution in [0.25, 0.3) is 11.3 Å². The van der Waals surface area contributed by atoms with Crippen LogP contribution in [0.2, 0.25) is 5.15 Å². The van der Waals surface area contributed by atoms with Crippen LogP contribution in [0, 0.1) is 0 Å². The van der Waals surface area contributed by atoms with Crippen molar-refractivity contribution in [3.8, 4) is 17.0 Å². The van der Waals surface area contributed by atoms with E-state index in [1.165, 1.54) is 6.33 Å². The van der Waals surface area contributed by atoms with Gasteiger partial charge in [-0.3, -0.25) is 0 Å². The van der Waals surface area contributed by atoms with Gasteiger partial charge >= 0.3 is 0 Å². The first-order valence-electron chi connectivity index (χ1n) is 5.11. The second kappa shape index (κ2) is 5.47. The van der Waals surface area contributed by atoms with Crippen molar-refractivity contribution in [1.29, 1.82) is 0 Å². The maximum absolute atomic E-state index is 5.86. The van der Waals surface area contributed by atoms with Crippen LogP contribution in [-0.4, -0.2) is 16.6 Å². The van der Waals surface area contributed by atoms with Crippen LogP contribution in [0.15, 0.2) is 35.1 Å². The molecule has 0 unspecified atom stereocenters. The predicted octanol–water partition coefficient (Wildman–Crippen LogP) is 3.96. The summed E-state index contributed by atoms with van der Waals surface area (Å²) in [5.41, 5.74) is 1.64. The molecule has 0 radical (unpaired) electrons. The van der Waals surface area contributed by atoms with Gasteiger partial charge in [-0.2, -0.15) is 0 Å². The number of hydrogen-bond donors (Lipinski definition) is 0. The fraction of sp³-hybridized carbons (Fsp3) is 0.167. The van der Waals surface area contributed by atoms with E-state index in [9.17, 15) is 0 Å². The van der Waals surface area contributed by atoms with Gasteiger partial charge in [0.15, 0.2) is 0 Å². The summed E-state index contributed by atoms with van der Waals surface area (Å²) < 4.78 is 6.53. The molecule has 0 aliphatic heterocycles. The number of hydrogen-bond acceptors (Lipinski definition) is 3. The Morgan fingerprint density at radius 2 is 2.12 bits per heavy atom. The maximum atomic E-state index is 5.86. The van der Waals surface area contributed by atoms with Gasteiger partial charge in [-0.05, 0) is 25.1 Å². The zero-order valence-corrected chi connectivity index (χ0v) is 11.5. The average Bonchev–Trinajstić information content (AvgIpc) is 2.32. The molecule has 88 valence electrons. The second-order valence-electron chi connectivity index (χ2n) is 3.30. The summed E-state index contributed by atoms with van der Waals surface area (Å²) in [5.74, 6) is 0.783. The highest BCUT2D eigenvalue weighted by molar-refractivity contribution is 9.10. The highest BCUT2D eigenvalue weighted by Crippen LogP contribution is 2.32. The Kier molecular flexibility index (Phi) is 3.97. The molecule has 0 saturated heterocycles. The molecule has 1 aromatic heterocycles. The van der Waals surface area contributed by atoms with E-state index in [0.29, 0.717) is 11.8 Å². The molecule has 1 aromatic carbocycles. The van der Waals surface area contributed by atoms with Gasteiger partial charge in [0, 0.05) is 16.1 Å². The van der Waals surface area contributed by atoms with Gasteiger partial charge in [-0.25, -0.2) is 9.97 Å². The molecule has 0 atom stereocenters. The second-order valence-corrected chi connectivity index (χ2v) is 4.60. The van der Waals surface area contributed by atoms with E-state index in [1.54, 1.807) is 6.07 Å². The molecule has 17 heavy (non-hydrogen) atoms. The lowest BCUT2D eigenvalue weighted by atomic mass is 10.1. The Bertz CT molecular complexity index is 534. The summed E-state index contributed by atoms with van der Waals surface area (Å²) >= 11 is 9.29. The van der Waals surface area contributed by atoms with E-state index >= 15 is 0 Å². The van der Waals surface area contributed by atoms with Gasteiger partial charge in [0.25, 0.3) is 0 Å². The average molecular weight is 314 g/mol. The van der Waals surface area contributed by atoms with Crippen LogP contribution in [0.1, 0.15) is 6.92 Å². The van der Waals surface area contributed by atoms with Crippen molar-refractivity contribution in [2.75, 3.05) is 6.61 Å². The molecule has 0 aliphatic carbocycles. The lowest BCUT2D eigenvalue weighted by molar-refractivity contribution is 0.341. The first-order chi connectivity index (χ1) is 8.20. The van der Waals surface area contributed by atoms with E-state index in [0.717, 1.165) is 21.5 Å². The number of rotatable bonds is 3. The fourth-order valence-corrected chi connectivity index (χ4v) is 1.97. The van der Waals surface area contributed by atoms with E-state index in [-0.39, 0.29) is 0 Å². The number of aromatic nitrogens is 2.